The Morgan fingerprint density at radius 1 is 1.40 bits per heavy atom. The molecule has 1 rings (SSSR count). The Balaban J connectivity index is 3.13. The van der Waals surface area contributed by atoms with E-state index < -0.39 is 10.0 Å². The highest BCUT2D eigenvalue weighted by molar-refractivity contribution is 7.89. The summed E-state index contributed by atoms with van der Waals surface area (Å²) in [7, 11) is -3.70. The Kier molecular flexibility index (Phi) is 5.69. The van der Waals surface area contributed by atoms with Crippen LogP contribution in [0.1, 0.15) is 31.4 Å². The minimum atomic E-state index is -3.70. The number of benzene rings is 1. The van der Waals surface area contributed by atoms with Gasteiger partial charge in [-0.2, -0.15) is 5.26 Å². The van der Waals surface area contributed by atoms with Crippen LogP contribution >= 0.6 is 0 Å². The highest BCUT2D eigenvalue weighted by Crippen LogP contribution is 2.18. The molecule has 0 spiro atoms. The number of rotatable bonds is 6. The fraction of sp³-hybridized carbons (Fsp3) is 0.500. The van der Waals surface area contributed by atoms with Gasteiger partial charge in [-0.05, 0) is 37.0 Å². The monoisotopic (exact) mass is 296 g/mol. The third-order valence-electron chi connectivity index (χ3n) is 3.16. The molecule has 0 saturated carbocycles. The zero-order chi connectivity index (χ0) is 15.3. The number of hydrogen-bond acceptors (Lipinski definition) is 4. The van der Waals surface area contributed by atoms with Gasteiger partial charge in [-0.25, -0.2) is 13.1 Å². The summed E-state index contributed by atoms with van der Waals surface area (Å²) in [5.74, 6) is 0.0661. The average molecular weight is 296 g/mol. The molecule has 0 fully saturated rings. The van der Waals surface area contributed by atoms with Crippen LogP contribution in [0.4, 0.5) is 0 Å². The largest absolute Gasteiger partial charge is 0.396 e. The lowest BCUT2D eigenvalue weighted by Crippen LogP contribution is -2.39. The quantitative estimate of drug-likeness (QED) is 0.833. The van der Waals surface area contributed by atoms with Crippen LogP contribution in [0, 0.1) is 24.2 Å². The molecule has 0 heterocycles. The number of aliphatic hydroxyl groups is 1. The van der Waals surface area contributed by atoms with Gasteiger partial charge in [0.25, 0.3) is 0 Å². The van der Waals surface area contributed by atoms with E-state index in [1.54, 1.807) is 19.1 Å². The molecule has 1 aromatic carbocycles. The molecule has 0 bridgehead atoms. The molecule has 1 atom stereocenters. The molecule has 0 aliphatic heterocycles. The molecule has 0 aromatic heterocycles. The van der Waals surface area contributed by atoms with Crippen LogP contribution in [0.3, 0.4) is 0 Å². The number of nitriles is 1. The number of nitrogens with one attached hydrogen (secondary N) is 1. The first kappa shape index (κ1) is 16.6. The first-order valence-electron chi connectivity index (χ1n) is 6.45. The SMILES string of the molecule is Cc1ccc(C#N)cc1S(=O)(=O)NC(CCO)C(C)C. The van der Waals surface area contributed by atoms with Crippen LogP contribution in [0.25, 0.3) is 0 Å². The fourth-order valence-corrected chi connectivity index (χ4v) is 3.58. The molecule has 1 unspecified atom stereocenters. The number of hydrogen-bond donors (Lipinski definition) is 2. The van der Waals surface area contributed by atoms with Crippen LogP contribution in [-0.4, -0.2) is 26.2 Å². The second-order valence-corrected chi connectivity index (χ2v) is 6.76. The number of aliphatic hydroxyl groups excluding tert-OH is 1. The Labute approximate surface area is 120 Å². The van der Waals surface area contributed by atoms with Crippen molar-refractivity contribution in [2.24, 2.45) is 5.92 Å². The van der Waals surface area contributed by atoms with Crippen molar-refractivity contribution in [1.82, 2.24) is 4.72 Å². The molecular weight excluding hydrogens is 276 g/mol. The van der Waals surface area contributed by atoms with Crippen molar-refractivity contribution in [3.8, 4) is 6.07 Å². The normalized spacial score (nSPS) is 13.2. The first-order valence-corrected chi connectivity index (χ1v) is 7.94. The Morgan fingerprint density at radius 2 is 2.05 bits per heavy atom. The predicted molar refractivity (Wildman–Crippen MR) is 76.5 cm³/mol. The van der Waals surface area contributed by atoms with Crippen LogP contribution in [0.2, 0.25) is 0 Å². The highest BCUT2D eigenvalue weighted by Gasteiger charge is 2.23. The smallest absolute Gasteiger partial charge is 0.241 e. The van der Waals surface area contributed by atoms with Crippen molar-refractivity contribution in [2.45, 2.75) is 38.1 Å². The summed E-state index contributed by atoms with van der Waals surface area (Å²) in [6.45, 7) is 5.39. The lowest BCUT2D eigenvalue weighted by molar-refractivity contribution is 0.256. The maximum Gasteiger partial charge on any atom is 0.241 e. The molecule has 20 heavy (non-hydrogen) atoms. The Hall–Kier alpha value is -1.42. The van der Waals surface area contributed by atoms with E-state index in [4.69, 9.17) is 10.4 Å². The minimum absolute atomic E-state index is 0.0661. The molecule has 0 aliphatic rings. The predicted octanol–water partition coefficient (Wildman–Crippen LogP) is 1.55. The van der Waals surface area contributed by atoms with Crippen molar-refractivity contribution < 1.29 is 13.5 Å². The summed E-state index contributed by atoms with van der Waals surface area (Å²) in [5, 5.41) is 17.9. The molecule has 0 saturated heterocycles. The van der Waals surface area contributed by atoms with Crippen LogP contribution < -0.4 is 4.72 Å². The maximum absolute atomic E-state index is 12.4. The van der Waals surface area contributed by atoms with E-state index in [1.165, 1.54) is 6.07 Å². The molecule has 0 radical (unpaired) electrons. The molecule has 1 aromatic rings. The summed E-state index contributed by atoms with van der Waals surface area (Å²) >= 11 is 0. The molecule has 2 N–H and O–H groups in total. The van der Waals surface area contributed by atoms with Crippen LogP contribution in [0.5, 0.6) is 0 Å². The highest BCUT2D eigenvalue weighted by atomic mass is 32.2. The Bertz CT molecular complexity index is 603. The lowest BCUT2D eigenvalue weighted by Gasteiger charge is -2.22. The summed E-state index contributed by atoms with van der Waals surface area (Å²) in [4.78, 5) is 0.111. The fourth-order valence-electron chi connectivity index (χ4n) is 1.89. The number of nitrogens with zero attached hydrogens (tertiary/aromatic N) is 1. The molecule has 0 amide bonds. The van der Waals surface area contributed by atoms with E-state index >= 15 is 0 Å². The van der Waals surface area contributed by atoms with E-state index in [-0.39, 0.29) is 23.5 Å². The van der Waals surface area contributed by atoms with Crippen molar-refractivity contribution in [3.63, 3.8) is 0 Å². The summed E-state index contributed by atoms with van der Waals surface area (Å²) in [6, 6.07) is 6.17. The van der Waals surface area contributed by atoms with Gasteiger partial charge >= 0.3 is 0 Å². The molecule has 110 valence electrons. The van der Waals surface area contributed by atoms with E-state index in [2.05, 4.69) is 4.72 Å². The minimum Gasteiger partial charge on any atom is -0.396 e. The van der Waals surface area contributed by atoms with E-state index in [0.717, 1.165) is 0 Å². The van der Waals surface area contributed by atoms with E-state index in [0.29, 0.717) is 17.5 Å². The standard InChI is InChI=1S/C14H20N2O3S/c1-10(2)13(6-7-17)16-20(18,19)14-8-12(9-15)5-4-11(14)3/h4-5,8,10,13,16-17H,6-7H2,1-3H3. The lowest BCUT2D eigenvalue weighted by atomic mass is 10.0. The Morgan fingerprint density at radius 3 is 2.55 bits per heavy atom. The third-order valence-corrected chi connectivity index (χ3v) is 4.79. The molecule has 0 aliphatic carbocycles. The maximum atomic E-state index is 12.4. The topological polar surface area (TPSA) is 90.2 Å². The average Bonchev–Trinajstić information content (AvgIpc) is 2.38. The van der Waals surface area contributed by atoms with Gasteiger partial charge < -0.3 is 5.11 Å². The molecule has 5 nitrogen and oxygen atoms in total. The van der Waals surface area contributed by atoms with Crippen molar-refractivity contribution in [1.29, 1.82) is 5.26 Å². The van der Waals surface area contributed by atoms with Crippen LogP contribution in [-0.2, 0) is 10.0 Å². The van der Waals surface area contributed by atoms with Gasteiger partial charge in [0.2, 0.25) is 10.0 Å². The van der Waals surface area contributed by atoms with Gasteiger partial charge in [0.05, 0.1) is 16.5 Å². The summed E-state index contributed by atoms with van der Waals surface area (Å²) < 4.78 is 27.4. The first-order chi connectivity index (χ1) is 9.31. The zero-order valence-electron chi connectivity index (χ0n) is 11.9. The summed E-state index contributed by atoms with van der Waals surface area (Å²) in [6.07, 6.45) is 0.355. The van der Waals surface area contributed by atoms with Gasteiger partial charge in [0.1, 0.15) is 0 Å². The second kappa shape index (κ2) is 6.84. The second-order valence-electron chi connectivity index (χ2n) is 5.08. The number of sulfonamides is 1. The van der Waals surface area contributed by atoms with Crippen molar-refractivity contribution in [2.75, 3.05) is 6.61 Å². The van der Waals surface area contributed by atoms with Gasteiger partial charge in [0.15, 0.2) is 0 Å². The third kappa shape index (κ3) is 4.04. The van der Waals surface area contributed by atoms with Gasteiger partial charge in [-0.1, -0.05) is 19.9 Å². The summed E-state index contributed by atoms with van der Waals surface area (Å²) in [5.41, 5.74) is 0.891. The zero-order valence-corrected chi connectivity index (χ0v) is 12.7. The van der Waals surface area contributed by atoms with Gasteiger partial charge in [0, 0.05) is 12.6 Å². The van der Waals surface area contributed by atoms with Gasteiger partial charge in [-0.15, -0.1) is 0 Å². The molecule has 6 heteroatoms. The van der Waals surface area contributed by atoms with Crippen molar-refractivity contribution in [3.05, 3.63) is 29.3 Å². The molecular formula is C14H20N2O3S. The van der Waals surface area contributed by atoms with Crippen molar-refractivity contribution >= 4 is 10.0 Å². The van der Waals surface area contributed by atoms with E-state index in [1.807, 2.05) is 19.9 Å². The van der Waals surface area contributed by atoms with E-state index in [9.17, 15) is 8.42 Å². The number of aryl methyl sites for hydroxylation is 1. The van der Waals surface area contributed by atoms with Crippen LogP contribution in [0.15, 0.2) is 23.1 Å². The van der Waals surface area contributed by atoms with Gasteiger partial charge in [-0.3, -0.25) is 0 Å².